The van der Waals surface area contributed by atoms with E-state index in [1.807, 2.05) is 0 Å². The molecule has 0 unspecified atom stereocenters. The third-order valence-corrected chi connectivity index (χ3v) is 1.12. The molecular weight excluding hydrogens is 171 g/mol. The molecule has 0 rings (SSSR count). The van der Waals surface area contributed by atoms with Crippen molar-refractivity contribution in [2.24, 2.45) is 5.92 Å². The van der Waals surface area contributed by atoms with Crippen molar-refractivity contribution in [1.82, 2.24) is 0 Å². The summed E-state index contributed by atoms with van der Waals surface area (Å²) in [6.07, 6.45) is 1.63. The molecule has 10 heavy (non-hydrogen) atoms. The zero-order valence-corrected chi connectivity index (χ0v) is 7.74. The third kappa shape index (κ3) is 8.28. The Balaban J connectivity index is 3.13. The maximum atomic E-state index is 5.34. The SMILES string of the molecule is CC(C)COCC=C(Cl)Cl. The number of rotatable bonds is 4. The van der Waals surface area contributed by atoms with E-state index in [1.165, 1.54) is 0 Å². The average molecular weight is 183 g/mol. The van der Waals surface area contributed by atoms with E-state index in [2.05, 4.69) is 13.8 Å². The molecule has 0 saturated carbocycles. The standard InChI is InChI=1S/C7H12Cl2O/c1-6(2)5-10-4-3-7(8)9/h3,6H,4-5H2,1-2H3. The van der Waals surface area contributed by atoms with Gasteiger partial charge in [0.25, 0.3) is 0 Å². The molecule has 0 amide bonds. The number of ether oxygens (including phenoxy) is 1. The summed E-state index contributed by atoms with van der Waals surface area (Å²) in [5.74, 6) is 0.558. The Morgan fingerprint density at radius 3 is 2.50 bits per heavy atom. The van der Waals surface area contributed by atoms with Crippen molar-refractivity contribution in [3.8, 4) is 0 Å². The van der Waals surface area contributed by atoms with Gasteiger partial charge >= 0.3 is 0 Å². The van der Waals surface area contributed by atoms with Gasteiger partial charge in [-0.3, -0.25) is 0 Å². The van der Waals surface area contributed by atoms with Crippen LogP contribution in [0.5, 0.6) is 0 Å². The maximum Gasteiger partial charge on any atom is 0.105 e. The second-order valence-corrected chi connectivity index (χ2v) is 3.43. The van der Waals surface area contributed by atoms with Crippen LogP contribution < -0.4 is 0 Å². The highest BCUT2D eigenvalue weighted by atomic mass is 35.5. The lowest BCUT2D eigenvalue weighted by Crippen LogP contribution is -2.01. The Labute approximate surface area is 72.0 Å². The van der Waals surface area contributed by atoms with Gasteiger partial charge in [-0.05, 0) is 12.0 Å². The highest BCUT2D eigenvalue weighted by Crippen LogP contribution is 2.05. The van der Waals surface area contributed by atoms with Crippen molar-refractivity contribution in [2.45, 2.75) is 13.8 Å². The topological polar surface area (TPSA) is 9.23 Å². The van der Waals surface area contributed by atoms with Crippen LogP contribution in [-0.4, -0.2) is 13.2 Å². The Morgan fingerprint density at radius 2 is 2.10 bits per heavy atom. The van der Waals surface area contributed by atoms with Crippen molar-refractivity contribution in [2.75, 3.05) is 13.2 Å². The quantitative estimate of drug-likeness (QED) is 0.608. The van der Waals surface area contributed by atoms with E-state index in [-0.39, 0.29) is 4.49 Å². The van der Waals surface area contributed by atoms with Gasteiger partial charge < -0.3 is 4.74 Å². The zero-order valence-electron chi connectivity index (χ0n) is 6.23. The van der Waals surface area contributed by atoms with Crippen LogP contribution in [0.1, 0.15) is 13.8 Å². The molecule has 0 heterocycles. The van der Waals surface area contributed by atoms with Crippen LogP contribution in [0.2, 0.25) is 0 Å². The zero-order chi connectivity index (χ0) is 7.98. The number of hydrogen-bond acceptors (Lipinski definition) is 1. The van der Waals surface area contributed by atoms with Gasteiger partial charge in [0.05, 0.1) is 6.61 Å². The first-order valence-corrected chi connectivity index (χ1v) is 3.97. The number of hydrogen-bond donors (Lipinski definition) is 0. The molecule has 1 nitrogen and oxygen atoms in total. The molecule has 0 radical (unpaired) electrons. The van der Waals surface area contributed by atoms with Crippen molar-refractivity contribution < 1.29 is 4.74 Å². The molecular formula is C7H12Cl2O. The summed E-state index contributed by atoms with van der Waals surface area (Å²) in [6, 6.07) is 0. The summed E-state index contributed by atoms with van der Waals surface area (Å²) >= 11 is 10.7. The summed E-state index contributed by atoms with van der Waals surface area (Å²) in [7, 11) is 0. The van der Waals surface area contributed by atoms with Crippen molar-refractivity contribution in [1.29, 1.82) is 0 Å². The van der Waals surface area contributed by atoms with Gasteiger partial charge in [0, 0.05) is 6.61 Å². The van der Waals surface area contributed by atoms with Gasteiger partial charge in [-0.1, -0.05) is 37.0 Å². The fourth-order valence-corrected chi connectivity index (χ4v) is 0.552. The molecule has 0 spiro atoms. The molecule has 0 saturated heterocycles. The Kier molecular flexibility index (Phi) is 6.19. The van der Waals surface area contributed by atoms with Gasteiger partial charge in [-0.25, -0.2) is 0 Å². The third-order valence-electron chi connectivity index (χ3n) is 0.807. The predicted molar refractivity (Wildman–Crippen MR) is 45.4 cm³/mol. The van der Waals surface area contributed by atoms with E-state index in [9.17, 15) is 0 Å². The summed E-state index contributed by atoms with van der Waals surface area (Å²) in [6.45, 7) is 5.43. The summed E-state index contributed by atoms with van der Waals surface area (Å²) in [5, 5.41) is 0. The van der Waals surface area contributed by atoms with E-state index >= 15 is 0 Å². The average Bonchev–Trinajstić information content (AvgIpc) is 1.79. The first kappa shape index (κ1) is 10.3. The smallest absolute Gasteiger partial charge is 0.105 e. The van der Waals surface area contributed by atoms with Gasteiger partial charge in [0.2, 0.25) is 0 Å². The van der Waals surface area contributed by atoms with Crippen molar-refractivity contribution >= 4 is 23.2 Å². The molecule has 60 valence electrons. The largest absolute Gasteiger partial charge is 0.377 e. The molecule has 0 fully saturated rings. The van der Waals surface area contributed by atoms with Crippen LogP contribution in [0, 0.1) is 5.92 Å². The molecule has 0 aliphatic carbocycles. The highest BCUT2D eigenvalue weighted by molar-refractivity contribution is 6.55. The van der Waals surface area contributed by atoms with E-state index in [1.54, 1.807) is 6.08 Å². The first-order chi connectivity index (χ1) is 4.63. The van der Waals surface area contributed by atoms with Gasteiger partial charge in [-0.15, -0.1) is 0 Å². The van der Waals surface area contributed by atoms with Crippen LogP contribution in [0.3, 0.4) is 0 Å². The second kappa shape index (κ2) is 6.02. The molecule has 0 bridgehead atoms. The Morgan fingerprint density at radius 1 is 1.50 bits per heavy atom. The van der Waals surface area contributed by atoms with E-state index in [0.717, 1.165) is 6.61 Å². The van der Waals surface area contributed by atoms with Crippen LogP contribution in [0.4, 0.5) is 0 Å². The fraction of sp³-hybridized carbons (Fsp3) is 0.714. The Hall–Kier alpha value is 0.280. The van der Waals surface area contributed by atoms with E-state index < -0.39 is 0 Å². The molecule has 0 aliphatic rings. The maximum absolute atomic E-state index is 5.34. The molecule has 0 aromatic rings. The van der Waals surface area contributed by atoms with Gasteiger partial charge in [-0.2, -0.15) is 0 Å². The molecule has 0 aromatic heterocycles. The fourth-order valence-electron chi connectivity index (χ4n) is 0.426. The summed E-state index contributed by atoms with van der Waals surface area (Å²) < 4.78 is 5.43. The summed E-state index contributed by atoms with van der Waals surface area (Å²) in [5.41, 5.74) is 0. The lowest BCUT2D eigenvalue weighted by atomic mass is 10.2. The normalized spacial score (nSPS) is 10.1. The molecule has 0 atom stereocenters. The molecule has 3 heteroatoms. The molecule has 0 N–H and O–H groups in total. The van der Waals surface area contributed by atoms with E-state index in [4.69, 9.17) is 27.9 Å². The van der Waals surface area contributed by atoms with Crippen molar-refractivity contribution in [3.05, 3.63) is 10.6 Å². The van der Waals surface area contributed by atoms with Crippen molar-refractivity contribution in [3.63, 3.8) is 0 Å². The summed E-state index contributed by atoms with van der Waals surface area (Å²) in [4.78, 5) is 0. The van der Waals surface area contributed by atoms with Crippen LogP contribution >= 0.6 is 23.2 Å². The predicted octanol–water partition coefficient (Wildman–Crippen LogP) is 2.98. The van der Waals surface area contributed by atoms with Crippen LogP contribution in [0.25, 0.3) is 0 Å². The van der Waals surface area contributed by atoms with Crippen LogP contribution in [0.15, 0.2) is 10.6 Å². The number of halogens is 2. The highest BCUT2D eigenvalue weighted by Gasteiger charge is 1.91. The van der Waals surface area contributed by atoms with Crippen LogP contribution in [-0.2, 0) is 4.74 Å². The van der Waals surface area contributed by atoms with E-state index in [0.29, 0.717) is 12.5 Å². The van der Waals surface area contributed by atoms with Gasteiger partial charge in [0.15, 0.2) is 0 Å². The second-order valence-electron chi connectivity index (χ2n) is 2.43. The lowest BCUT2D eigenvalue weighted by Gasteiger charge is -2.02. The Bertz CT molecular complexity index is 106. The lowest BCUT2D eigenvalue weighted by molar-refractivity contribution is 0.135. The minimum Gasteiger partial charge on any atom is -0.377 e. The molecule has 0 aromatic carbocycles. The van der Waals surface area contributed by atoms with Gasteiger partial charge in [0.1, 0.15) is 4.49 Å². The minimum absolute atomic E-state index is 0.267. The monoisotopic (exact) mass is 182 g/mol. The minimum atomic E-state index is 0.267. The first-order valence-electron chi connectivity index (χ1n) is 3.22. The molecule has 0 aliphatic heterocycles.